The second kappa shape index (κ2) is 6.13. The van der Waals surface area contributed by atoms with Gasteiger partial charge in [0.2, 0.25) is 0 Å². The van der Waals surface area contributed by atoms with Gasteiger partial charge in [0, 0.05) is 22.3 Å². The summed E-state index contributed by atoms with van der Waals surface area (Å²) >= 11 is 0. The van der Waals surface area contributed by atoms with Crippen LogP contribution in [-0.2, 0) is 11.3 Å². The lowest BCUT2D eigenvalue weighted by molar-refractivity contribution is -0.0752. The molecule has 3 rings (SSSR count). The van der Waals surface area contributed by atoms with Gasteiger partial charge in [-0.3, -0.25) is 0 Å². The lowest BCUT2D eigenvalue weighted by Gasteiger charge is -2.32. The number of aryl methyl sites for hydroxylation is 1. The first-order valence-electron chi connectivity index (χ1n) is 8.13. The van der Waals surface area contributed by atoms with Crippen LogP contribution in [0.5, 0.6) is 0 Å². The summed E-state index contributed by atoms with van der Waals surface area (Å²) in [5.41, 5.74) is 1.65. The molecule has 3 nitrogen and oxygen atoms in total. The van der Waals surface area contributed by atoms with Crippen LogP contribution < -0.4 is 0 Å². The molecule has 2 aromatic rings. The molecule has 1 aliphatic rings. The van der Waals surface area contributed by atoms with Crippen molar-refractivity contribution in [3.8, 4) is 0 Å². The molecule has 1 atom stereocenters. The Morgan fingerprint density at radius 3 is 2.75 bits per heavy atom. The fourth-order valence-corrected chi connectivity index (χ4v) is 3.26. The maximum absolute atomic E-state index is 14.0. The minimum atomic E-state index is -0.603. The van der Waals surface area contributed by atoms with E-state index in [4.69, 9.17) is 10.1 Å². The predicted molar refractivity (Wildman–Crippen MR) is 91.7 cm³/mol. The van der Waals surface area contributed by atoms with E-state index in [1.165, 1.54) is 18.2 Å². The van der Waals surface area contributed by atoms with Crippen LogP contribution in [0.25, 0.3) is 10.9 Å². The number of nitrogens with one attached hydrogen (secondary N) is 1. The van der Waals surface area contributed by atoms with Crippen molar-refractivity contribution in [1.29, 1.82) is 5.41 Å². The maximum atomic E-state index is 14.0. The lowest BCUT2D eigenvalue weighted by atomic mass is 10.0. The molecule has 1 aromatic heterocycles. The van der Waals surface area contributed by atoms with E-state index < -0.39 is 11.7 Å². The van der Waals surface area contributed by atoms with Crippen molar-refractivity contribution in [2.45, 2.75) is 51.9 Å². The monoisotopic (exact) mass is 332 g/mol. The normalized spacial score (nSPS) is 19.0. The first-order valence-corrected chi connectivity index (χ1v) is 8.13. The van der Waals surface area contributed by atoms with Crippen molar-refractivity contribution < 1.29 is 13.5 Å². The van der Waals surface area contributed by atoms with Gasteiger partial charge in [-0.1, -0.05) is 0 Å². The third-order valence-corrected chi connectivity index (χ3v) is 4.37. The Balaban J connectivity index is 1.83. The van der Waals surface area contributed by atoms with Gasteiger partial charge in [0.25, 0.3) is 0 Å². The smallest absolute Gasteiger partial charge is 0.131 e. The Kier molecular flexibility index (Phi) is 4.30. The first kappa shape index (κ1) is 16.8. The molecule has 0 saturated carbocycles. The van der Waals surface area contributed by atoms with Gasteiger partial charge < -0.3 is 14.7 Å². The second-order valence-electron chi connectivity index (χ2n) is 7.03. The molecule has 1 N–H and O–H groups in total. The van der Waals surface area contributed by atoms with Crippen LogP contribution in [0.2, 0.25) is 0 Å². The van der Waals surface area contributed by atoms with Crippen molar-refractivity contribution in [2.24, 2.45) is 0 Å². The van der Waals surface area contributed by atoms with Crippen LogP contribution in [0.1, 0.15) is 32.4 Å². The van der Waals surface area contributed by atoms with Crippen LogP contribution in [0, 0.1) is 18.2 Å². The van der Waals surface area contributed by atoms with E-state index in [0.29, 0.717) is 25.1 Å². The second-order valence-corrected chi connectivity index (χ2v) is 7.03. The third kappa shape index (κ3) is 3.41. The number of hydrogen-bond donors (Lipinski definition) is 1. The summed E-state index contributed by atoms with van der Waals surface area (Å²) in [5.74, 6) is -0.637. The van der Waals surface area contributed by atoms with E-state index in [9.17, 15) is 8.78 Å². The van der Waals surface area contributed by atoms with E-state index in [0.717, 1.165) is 16.6 Å². The summed E-state index contributed by atoms with van der Waals surface area (Å²) in [5, 5.41) is 8.38. The van der Waals surface area contributed by atoms with E-state index in [2.05, 4.69) is 4.57 Å². The largest absolute Gasteiger partial charge is 0.363 e. The molecule has 0 radical (unpaired) electrons. The molecule has 0 bridgehead atoms. The predicted octanol–water partition coefficient (Wildman–Crippen LogP) is 4.92. The molecule has 1 aliphatic carbocycles. The number of halogens is 2. The van der Waals surface area contributed by atoms with Crippen molar-refractivity contribution in [3.05, 3.63) is 47.7 Å². The van der Waals surface area contributed by atoms with Crippen LogP contribution >= 0.6 is 0 Å². The van der Waals surface area contributed by atoms with Gasteiger partial charge in [-0.15, -0.1) is 0 Å². The Bertz CT molecular complexity index is 820. The highest BCUT2D eigenvalue weighted by molar-refractivity contribution is 5.93. The van der Waals surface area contributed by atoms with Crippen LogP contribution in [0.3, 0.4) is 0 Å². The fraction of sp³-hybridized carbons (Fsp3) is 0.421. The van der Waals surface area contributed by atoms with Gasteiger partial charge in [0.05, 0.1) is 12.1 Å². The van der Waals surface area contributed by atoms with Crippen LogP contribution in [0.4, 0.5) is 8.78 Å². The Hall–Kier alpha value is -2.01. The van der Waals surface area contributed by atoms with Crippen LogP contribution in [-0.4, -0.2) is 22.0 Å². The Labute approximate surface area is 140 Å². The first-order chi connectivity index (χ1) is 11.2. The van der Waals surface area contributed by atoms with Gasteiger partial charge >= 0.3 is 0 Å². The van der Waals surface area contributed by atoms with Crippen molar-refractivity contribution in [2.75, 3.05) is 0 Å². The van der Waals surface area contributed by atoms with Crippen LogP contribution in [0.15, 0.2) is 36.2 Å². The molecule has 24 heavy (non-hydrogen) atoms. The summed E-state index contributed by atoms with van der Waals surface area (Å²) in [6.07, 6.45) is 1.66. The maximum Gasteiger partial charge on any atom is 0.131 e. The summed E-state index contributed by atoms with van der Waals surface area (Å²) in [7, 11) is 0. The molecule has 0 spiro atoms. The van der Waals surface area contributed by atoms with Crippen molar-refractivity contribution in [1.82, 2.24) is 4.57 Å². The van der Waals surface area contributed by atoms with Gasteiger partial charge in [-0.2, -0.15) is 0 Å². The quantitative estimate of drug-likeness (QED) is 0.848. The van der Waals surface area contributed by atoms with Gasteiger partial charge in [-0.05, 0) is 64.0 Å². The molecule has 1 aromatic carbocycles. The molecule has 5 heteroatoms. The Morgan fingerprint density at radius 1 is 1.29 bits per heavy atom. The number of allylic oxidation sites excluding steroid dienone is 1. The lowest BCUT2D eigenvalue weighted by Crippen LogP contribution is -2.36. The zero-order chi connectivity index (χ0) is 17.5. The average Bonchev–Trinajstić information content (AvgIpc) is 2.77. The number of ether oxygens (including phenoxy) is 1. The van der Waals surface area contributed by atoms with Gasteiger partial charge in [-0.25, -0.2) is 8.78 Å². The molecule has 0 fully saturated rings. The number of hydrogen-bond acceptors (Lipinski definition) is 2. The van der Waals surface area contributed by atoms with E-state index in [-0.39, 0.29) is 11.6 Å². The van der Waals surface area contributed by atoms with E-state index in [1.807, 2.05) is 26.8 Å². The summed E-state index contributed by atoms with van der Waals surface area (Å²) in [4.78, 5) is 0. The summed E-state index contributed by atoms with van der Waals surface area (Å²) in [6, 6.07) is 6.66. The zero-order valence-electron chi connectivity index (χ0n) is 14.2. The number of nitrogens with zero attached hydrogens (tertiary/aromatic N) is 1. The molecule has 1 heterocycles. The topological polar surface area (TPSA) is 38.0 Å². The minimum absolute atomic E-state index is 0.257. The zero-order valence-corrected chi connectivity index (χ0v) is 14.2. The number of rotatable bonds is 4. The van der Waals surface area contributed by atoms with E-state index in [1.54, 1.807) is 6.07 Å². The highest BCUT2D eigenvalue weighted by Crippen LogP contribution is 2.29. The molecule has 0 aliphatic heterocycles. The number of fused-ring (bicyclic) bond motifs is 1. The summed E-state index contributed by atoms with van der Waals surface area (Å²) in [6.45, 7) is 6.36. The SMILES string of the molecule is Cc1cc2cc(F)ccc2n1CC(C)(C)OC1CCC(=N)C=C1F. The third-order valence-electron chi connectivity index (χ3n) is 4.37. The average molecular weight is 332 g/mol. The number of aromatic nitrogens is 1. The van der Waals surface area contributed by atoms with E-state index >= 15 is 0 Å². The molecular formula is C19H22F2N2O. The number of benzene rings is 1. The highest BCUT2D eigenvalue weighted by atomic mass is 19.1. The highest BCUT2D eigenvalue weighted by Gasteiger charge is 2.30. The van der Waals surface area contributed by atoms with Gasteiger partial charge in [0.15, 0.2) is 0 Å². The molecule has 0 amide bonds. The standard InChI is InChI=1S/C19H22F2N2O/c1-12-8-13-9-14(20)4-6-17(13)23(12)11-19(2,3)24-18-7-5-15(22)10-16(18)21/h4,6,8-10,18,22H,5,7,11H2,1-3H3. The Morgan fingerprint density at radius 2 is 2.04 bits per heavy atom. The van der Waals surface area contributed by atoms with Crippen molar-refractivity contribution >= 4 is 16.6 Å². The molecule has 0 saturated heterocycles. The molecule has 128 valence electrons. The van der Waals surface area contributed by atoms with Gasteiger partial charge in [0.1, 0.15) is 17.7 Å². The summed E-state index contributed by atoms with van der Waals surface area (Å²) < 4.78 is 35.5. The molecular weight excluding hydrogens is 310 g/mol. The van der Waals surface area contributed by atoms with Crippen molar-refractivity contribution in [3.63, 3.8) is 0 Å². The minimum Gasteiger partial charge on any atom is -0.363 e. The fourth-order valence-electron chi connectivity index (χ4n) is 3.26. The molecule has 1 unspecified atom stereocenters.